The van der Waals surface area contributed by atoms with Crippen LogP contribution >= 0.6 is 12.8 Å². The molecule has 0 saturated carbocycles. The highest BCUT2D eigenvalue weighted by molar-refractivity contribution is 7.78. The molecule has 2 rings (SSSR count). The summed E-state index contributed by atoms with van der Waals surface area (Å²) in [7, 11) is 0. The van der Waals surface area contributed by atoms with Crippen LogP contribution < -0.4 is 4.74 Å². The van der Waals surface area contributed by atoms with Gasteiger partial charge in [-0.25, -0.2) is 4.09 Å². The Hall–Kier alpha value is -2.02. The van der Waals surface area contributed by atoms with E-state index in [0.29, 0.717) is 11.4 Å². The number of aromatic nitrogens is 2. The molecule has 0 aliphatic rings. The molecule has 0 saturated heterocycles. The lowest BCUT2D eigenvalue weighted by Crippen LogP contribution is -2.00. The lowest BCUT2D eigenvalue weighted by Gasteiger charge is -2.03. The van der Waals surface area contributed by atoms with Gasteiger partial charge < -0.3 is 4.74 Å². The summed E-state index contributed by atoms with van der Waals surface area (Å²) in [5, 5.41) is 14.6. The number of rotatable bonds is 4. The molecule has 7 heteroatoms. The Morgan fingerprint density at radius 2 is 2.18 bits per heavy atom. The molecule has 88 valence electrons. The third-order valence-electron chi connectivity index (χ3n) is 2.12. The fourth-order valence-corrected chi connectivity index (χ4v) is 1.49. The van der Waals surface area contributed by atoms with Crippen molar-refractivity contribution in [1.82, 2.24) is 9.19 Å². The first-order valence-electron chi connectivity index (χ1n) is 4.77. The Labute approximate surface area is 103 Å². The molecule has 0 unspecified atom stereocenters. The predicted molar refractivity (Wildman–Crippen MR) is 64.0 cm³/mol. The molecule has 0 amide bonds. The number of hydrogen-bond donors (Lipinski definition) is 1. The SMILES string of the molecule is O=[N+]([O-])c1ccccc1COc1ccn(S)n1. The predicted octanol–water partition coefficient (Wildman–Crippen LogP) is 2.06. The van der Waals surface area contributed by atoms with E-state index >= 15 is 0 Å². The fourth-order valence-electron chi connectivity index (χ4n) is 1.34. The second kappa shape index (κ2) is 4.88. The van der Waals surface area contributed by atoms with Crippen LogP contribution in [0.2, 0.25) is 0 Å². The van der Waals surface area contributed by atoms with Gasteiger partial charge >= 0.3 is 0 Å². The van der Waals surface area contributed by atoms with Crippen molar-refractivity contribution in [3.05, 3.63) is 52.2 Å². The first-order chi connectivity index (χ1) is 8.16. The third-order valence-corrected chi connectivity index (χ3v) is 2.34. The Kier molecular flexibility index (Phi) is 3.29. The summed E-state index contributed by atoms with van der Waals surface area (Å²) in [5.41, 5.74) is 0.545. The zero-order valence-corrected chi connectivity index (χ0v) is 9.58. The number of nitrogens with zero attached hydrogens (tertiary/aromatic N) is 3. The summed E-state index contributed by atoms with van der Waals surface area (Å²) < 4.78 is 6.62. The van der Waals surface area contributed by atoms with E-state index in [9.17, 15) is 10.1 Å². The van der Waals surface area contributed by atoms with E-state index in [1.165, 1.54) is 10.2 Å². The summed E-state index contributed by atoms with van der Waals surface area (Å²) in [6.07, 6.45) is 1.61. The zero-order valence-electron chi connectivity index (χ0n) is 8.68. The molecular weight excluding hydrogens is 242 g/mol. The molecular formula is C10H9N3O3S. The Balaban J connectivity index is 2.11. The number of hydrogen-bond acceptors (Lipinski definition) is 5. The number of benzene rings is 1. The first-order valence-corrected chi connectivity index (χ1v) is 5.17. The van der Waals surface area contributed by atoms with E-state index in [2.05, 4.69) is 17.9 Å². The molecule has 0 aliphatic heterocycles. The number of nitro benzene ring substituents is 1. The van der Waals surface area contributed by atoms with Crippen LogP contribution in [0.3, 0.4) is 0 Å². The smallest absolute Gasteiger partial charge is 0.276 e. The van der Waals surface area contributed by atoms with Crippen molar-refractivity contribution in [3.8, 4) is 5.88 Å². The molecule has 0 radical (unpaired) electrons. The molecule has 0 N–H and O–H groups in total. The minimum atomic E-state index is -0.435. The van der Waals surface area contributed by atoms with Crippen LogP contribution in [0.25, 0.3) is 0 Å². The minimum Gasteiger partial charge on any atom is -0.471 e. The molecule has 2 aromatic rings. The van der Waals surface area contributed by atoms with Crippen molar-refractivity contribution in [2.75, 3.05) is 0 Å². The van der Waals surface area contributed by atoms with Gasteiger partial charge in [-0.2, -0.15) is 0 Å². The van der Waals surface area contributed by atoms with Crippen LogP contribution in [-0.4, -0.2) is 14.1 Å². The molecule has 6 nitrogen and oxygen atoms in total. The van der Waals surface area contributed by atoms with Gasteiger partial charge in [0.05, 0.1) is 10.5 Å². The van der Waals surface area contributed by atoms with Gasteiger partial charge in [0, 0.05) is 18.3 Å². The van der Waals surface area contributed by atoms with E-state index < -0.39 is 4.92 Å². The summed E-state index contributed by atoms with van der Waals surface area (Å²) in [6, 6.07) is 8.06. The van der Waals surface area contributed by atoms with Crippen LogP contribution in [0.15, 0.2) is 36.5 Å². The summed E-state index contributed by atoms with van der Waals surface area (Å²) in [4.78, 5) is 10.3. The summed E-state index contributed by atoms with van der Waals surface area (Å²) >= 11 is 3.96. The maximum absolute atomic E-state index is 10.8. The average Bonchev–Trinajstić information content (AvgIpc) is 2.73. The molecule has 1 heterocycles. The number of ether oxygens (including phenoxy) is 1. The average molecular weight is 251 g/mol. The lowest BCUT2D eigenvalue weighted by molar-refractivity contribution is -0.385. The van der Waals surface area contributed by atoms with Gasteiger partial charge in [0.15, 0.2) is 0 Å². The van der Waals surface area contributed by atoms with Gasteiger partial charge in [0.1, 0.15) is 6.61 Å². The van der Waals surface area contributed by atoms with E-state index in [4.69, 9.17) is 4.74 Å². The highest BCUT2D eigenvalue weighted by Crippen LogP contribution is 2.19. The van der Waals surface area contributed by atoms with Crippen LogP contribution in [0.4, 0.5) is 5.69 Å². The number of para-hydroxylation sites is 1. The maximum Gasteiger partial charge on any atom is 0.276 e. The van der Waals surface area contributed by atoms with Gasteiger partial charge in [-0.1, -0.05) is 12.1 Å². The molecule has 1 aromatic heterocycles. The maximum atomic E-state index is 10.8. The standard InChI is InChI=1S/C10H9N3O3S/c14-13(15)9-4-2-1-3-8(9)7-16-10-5-6-12(17)11-10/h1-6,17H,7H2. The van der Waals surface area contributed by atoms with Crippen LogP contribution in [-0.2, 0) is 6.61 Å². The van der Waals surface area contributed by atoms with Crippen LogP contribution in [0.1, 0.15) is 5.56 Å². The van der Waals surface area contributed by atoms with Crippen molar-refractivity contribution in [2.45, 2.75) is 6.61 Å². The van der Waals surface area contributed by atoms with Crippen molar-refractivity contribution < 1.29 is 9.66 Å². The van der Waals surface area contributed by atoms with Gasteiger partial charge in [0.2, 0.25) is 5.88 Å². The molecule has 0 aliphatic carbocycles. The largest absolute Gasteiger partial charge is 0.471 e. The fraction of sp³-hybridized carbons (Fsp3) is 0.100. The molecule has 0 fully saturated rings. The molecule has 0 bridgehead atoms. The quantitative estimate of drug-likeness (QED) is 0.513. The van der Waals surface area contributed by atoms with Gasteiger partial charge in [0.25, 0.3) is 5.69 Å². The Morgan fingerprint density at radius 3 is 2.82 bits per heavy atom. The van der Waals surface area contributed by atoms with Crippen molar-refractivity contribution in [2.24, 2.45) is 0 Å². The highest BCUT2D eigenvalue weighted by atomic mass is 32.1. The number of thiol groups is 1. The monoisotopic (exact) mass is 251 g/mol. The van der Waals surface area contributed by atoms with Crippen molar-refractivity contribution in [3.63, 3.8) is 0 Å². The molecule has 1 aromatic carbocycles. The Bertz CT molecular complexity index is 541. The second-order valence-corrected chi connectivity index (χ2v) is 3.66. The Morgan fingerprint density at radius 1 is 1.41 bits per heavy atom. The van der Waals surface area contributed by atoms with Crippen molar-refractivity contribution >= 4 is 18.5 Å². The summed E-state index contributed by atoms with van der Waals surface area (Å²) in [6.45, 7) is 0.0992. The van der Waals surface area contributed by atoms with Crippen LogP contribution in [0, 0.1) is 10.1 Å². The summed E-state index contributed by atoms with van der Waals surface area (Å²) in [5.74, 6) is 0.373. The van der Waals surface area contributed by atoms with E-state index in [1.54, 1.807) is 30.5 Å². The van der Waals surface area contributed by atoms with Gasteiger partial charge in [-0.05, 0) is 18.9 Å². The topological polar surface area (TPSA) is 70.2 Å². The van der Waals surface area contributed by atoms with Crippen LogP contribution in [0.5, 0.6) is 5.88 Å². The number of nitro groups is 1. The van der Waals surface area contributed by atoms with E-state index in [-0.39, 0.29) is 12.3 Å². The zero-order chi connectivity index (χ0) is 12.3. The molecule has 17 heavy (non-hydrogen) atoms. The van der Waals surface area contributed by atoms with E-state index in [0.717, 1.165) is 0 Å². The molecule has 0 spiro atoms. The molecule has 0 atom stereocenters. The normalized spacial score (nSPS) is 10.2. The van der Waals surface area contributed by atoms with Gasteiger partial charge in [-0.3, -0.25) is 10.1 Å². The minimum absolute atomic E-state index is 0.0396. The highest BCUT2D eigenvalue weighted by Gasteiger charge is 2.12. The second-order valence-electron chi connectivity index (χ2n) is 3.25. The van der Waals surface area contributed by atoms with E-state index in [1.807, 2.05) is 0 Å². The first kappa shape index (κ1) is 11.5. The lowest BCUT2D eigenvalue weighted by atomic mass is 10.2. The van der Waals surface area contributed by atoms with Gasteiger partial charge in [-0.15, -0.1) is 5.10 Å². The third kappa shape index (κ3) is 2.76. The van der Waals surface area contributed by atoms with Crippen molar-refractivity contribution in [1.29, 1.82) is 0 Å².